The van der Waals surface area contributed by atoms with Gasteiger partial charge in [0.2, 0.25) is 10.0 Å². The molecule has 0 N–H and O–H groups in total. The zero-order valence-electron chi connectivity index (χ0n) is 13.3. The molecule has 0 saturated heterocycles. The Labute approximate surface area is 156 Å². The van der Waals surface area contributed by atoms with E-state index >= 15 is 0 Å². The molecular weight excluding hydrogens is 374 g/mol. The molecule has 3 nitrogen and oxygen atoms in total. The van der Waals surface area contributed by atoms with Gasteiger partial charge in [-0.1, -0.05) is 54.1 Å². The summed E-state index contributed by atoms with van der Waals surface area (Å²) in [4.78, 5) is 1.18. The van der Waals surface area contributed by atoms with Gasteiger partial charge in [0.05, 0.1) is 11.1 Å². The Bertz CT molecular complexity index is 1000. The number of nitrogens with zero attached hydrogens (tertiary/aromatic N) is 1. The lowest BCUT2D eigenvalue weighted by Gasteiger charge is -2.36. The number of rotatable bonds is 3. The Morgan fingerprint density at radius 3 is 2.52 bits per heavy atom. The molecule has 0 amide bonds. The molecule has 2 heterocycles. The summed E-state index contributed by atoms with van der Waals surface area (Å²) in [7, 11) is -3.70. The first-order valence-corrected chi connectivity index (χ1v) is 10.7. The van der Waals surface area contributed by atoms with Gasteiger partial charge >= 0.3 is 0 Å². The first-order valence-electron chi connectivity index (χ1n) is 7.96. The van der Waals surface area contributed by atoms with Crippen LogP contribution in [0.25, 0.3) is 0 Å². The van der Waals surface area contributed by atoms with Crippen molar-refractivity contribution in [2.45, 2.75) is 17.4 Å². The van der Waals surface area contributed by atoms with Crippen LogP contribution in [-0.4, -0.2) is 19.3 Å². The van der Waals surface area contributed by atoms with Crippen molar-refractivity contribution >= 4 is 33.0 Å². The minimum Gasteiger partial charge on any atom is -0.207 e. The molecule has 1 unspecified atom stereocenters. The fraction of sp³-hybridized carbons (Fsp3) is 0.158. The van der Waals surface area contributed by atoms with Crippen LogP contribution in [0, 0.1) is 0 Å². The summed E-state index contributed by atoms with van der Waals surface area (Å²) in [6.07, 6.45) is 0.696. The van der Waals surface area contributed by atoms with Crippen molar-refractivity contribution in [3.63, 3.8) is 0 Å². The van der Waals surface area contributed by atoms with E-state index in [0.717, 1.165) is 10.4 Å². The molecule has 25 heavy (non-hydrogen) atoms. The van der Waals surface area contributed by atoms with Crippen molar-refractivity contribution in [2.24, 2.45) is 0 Å². The van der Waals surface area contributed by atoms with E-state index in [1.165, 1.54) is 5.56 Å². The first-order chi connectivity index (χ1) is 12.1. The smallest absolute Gasteiger partial charge is 0.207 e. The van der Waals surface area contributed by atoms with Crippen LogP contribution < -0.4 is 0 Å². The van der Waals surface area contributed by atoms with E-state index in [-0.39, 0.29) is 16.0 Å². The van der Waals surface area contributed by atoms with E-state index in [1.807, 2.05) is 35.7 Å². The van der Waals surface area contributed by atoms with E-state index in [0.29, 0.717) is 13.0 Å². The zero-order chi connectivity index (χ0) is 17.4. The SMILES string of the molecule is O=S(=O)(c1ccccc1Cl)N1CCc2ccccc2C1c1cccs1. The van der Waals surface area contributed by atoms with Crippen molar-refractivity contribution < 1.29 is 8.42 Å². The molecular formula is C19H16ClNO2S2. The van der Waals surface area contributed by atoms with Crippen LogP contribution in [0.15, 0.2) is 70.9 Å². The summed E-state index contributed by atoms with van der Waals surface area (Å²) in [6.45, 7) is 0.438. The quantitative estimate of drug-likeness (QED) is 0.648. The highest BCUT2D eigenvalue weighted by molar-refractivity contribution is 7.89. The second-order valence-electron chi connectivity index (χ2n) is 5.91. The predicted molar refractivity (Wildman–Crippen MR) is 102 cm³/mol. The van der Waals surface area contributed by atoms with Gasteiger partial charge in [-0.2, -0.15) is 4.31 Å². The molecule has 1 aliphatic heterocycles. The fourth-order valence-corrected chi connectivity index (χ4v) is 6.33. The van der Waals surface area contributed by atoms with Gasteiger partial charge in [0.15, 0.2) is 0 Å². The maximum absolute atomic E-state index is 13.4. The lowest BCUT2D eigenvalue weighted by molar-refractivity contribution is 0.347. The summed E-state index contributed by atoms with van der Waals surface area (Å²) in [6, 6.07) is 18.3. The third kappa shape index (κ3) is 2.91. The van der Waals surface area contributed by atoms with E-state index < -0.39 is 10.0 Å². The van der Waals surface area contributed by atoms with Crippen LogP contribution in [0.4, 0.5) is 0 Å². The maximum atomic E-state index is 13.4. The van der Waals surface area contributed by atoms with Gasteiger partial charge in [-0.05, 0) is 41.1 Å². The Morgan fingerprint density at radius 1 is 1.00 bits per heavy atom. The van der Waals surface area contributed by atoms with E-state index in [1.54, 1.807) is 39.9 Å². The number of thiophene rings is 1. The molecule has 0 spiro atoms. The molecule has 1 aromatic heterocycles. The number of halogens is 1. The third-order valence-corrected chi connectivity index (χ3v) is 7.76. The van der Waals surface area contributed by atoms with Crippen LogP contribution in [0.2, 0.25) is 5.02 Å². The van der Waals surface area contributed by atoms with Crippen LogP contribution in [0.3, 0.4) is 0 Å². The molecule has 0 fully saturated rings. The molecule has 2 aromatic carbocycles. The van der Waals surface area contributed by atoms with Crippen LogP contribution in [0.5, 0.6) is 0 Å². The standard InChI is InChI=1S/C19H16ClNO2S2/c20-16-8-3-4-10-18(16)25(22,23)21-12-11-14-6-1-2-7-15(14)19(21)17-9-5-13-24-17/h1-10,13,19H,11-12H2. The maximum Gasteiger partial charge on any atom is 0.245 e. The molecule has 3 aromatic rings. The van der Waals surface area contributed by atoms with Gasteiger partial charge in [0.25, 0.3) is 0 Å². The molecule has 0 radical (unpaired) electrons. The number of fused-ring (bicyclic) bond motifs is 1. The van der Waals surface area contributed by atoms with Crippen molar-refractivity contribution in [2.75, 3.05) is 6.54 Å². The number of benzene rings is 2. The summed E-state index contributed by atoms with van der Waals surface area (Å²) >= 11 is 7.77. The Kier molecular flexibility index (Phi) is 4.41. The molecule has 0 aliphatic carbocycles. The lowest BCUT2D eigenvalue weighted by atomic mass is 9.93. The van der Waals surface area contributed by atoms with E-state index in [2.05, 4.69) is 6.07 Å². The molecule has 6 heteroatoms. The molecule has 0 saturated carbocycles. The van der Waals surface area contributed by atoms with E-state index in [4.69, 9.17) is 11.6 Å². The van der Waals surface area contributed by atoms with Gasteiger partial charge in [0.1, 0.15) is 4.90 Å². The van der Waals surface area contributed by atoms with Crippen LogP contribution in [0.1, 0.15) is 22.0 Å². The van der Waals surface area contributed by atoms with Gasteiger partial charge in [-0.15, -0.1) is 11.3 Å². The minimum atomic E-state index is -3.70. The molecule has 4 rings (SSSR count). The normalized spacial score (nSPS) is 18.0. The van der Waals surface area contributed by atoms with Crippen molar-refractivity contribution in [1.82, 2.24) is 4.31 Å². The van der Waals surface area contributed by atoms with Crippen molar-refractivity contribution in [3.8, 4) is 0 Å². The second kappa shape index (κ2) is 6.57. The topological polar surface area (TPSA) is 37.4 Å². The summed E-state index contributed by atoms with van der Waals surface area (Å²) in [5.74, 6) is 0. The molecule has 128 valence electrons. The van der Waals surface area contributed by atoms with Crippen LogP contribution >= 0.6 is 22.9 Å². The Morgan fingerprint density at radius 2 is 1.76 bits per heavy atom. The van der Waals surface area contributed by atoms with Gasteiger partial charge < -0.3 is 0 Å². The highest BCUT2D eigenvalue weighted by atomic mass is 35.5. The molecule has 0 bridgehead atoms. The summed E-state index contributed by atoms with van der Waals surface area (Å²) < 4.78 is 28.3. The van der Waals surface area contributed by atoms with E-state index in [9.17, 15) is 8.42 Å². The summed E-state index contributed by atoms with van der Waals surface area (Å²) in [5.41, 5.74) is 2.25. The van der Waals surface area contributed by atoms with Gasteiger partial charge in [-0.3, -0.25) is 0 Å². The van der Waals surface area contributed by atoms with Gasteiger partial charge in [0, 0.05) is 11.4 Å². The minimum absolute atomic E-state index is 0.164. The fourth-order valence-electron chi connectivity index (χ4n) is 3.32. The largest absolute Gasteiger partial charge is 0.245 e. The average Bonchev–Trinajstić information content (AvgIpc) is 3.15. The molecule has 1 aliphatic rings. The Balaban J connectivity index is 1.88. The third-order valence-electron chi connectivity index (χ3n) is 4.48. The summed E-state index contributed by atoms with van der Waals surface area (Å²) in [5, 5.41) is 2.23. The average molecular weight is 390 g/mol. The Hall–Kier alpha value is -1.66. The monoisotopic (exact) mass is 389 g/mol. The number of sulfonamides is 1. The highest BCUT2D eigenvalue weighted by Gasteiger charge is 2.38. The second-order valence-corrected chi connectivity index (χ2v) is 9.16. The lowest BCUT2D eigenvalue weighted by Crippen LogP contribution is -2.40. The van der Waals surface area contributed by atoms with Gasteiger partial charge in [-0.25, -0.2) is 8.42 Å². The predicted octanol–water partition coefficient (Wildman–Crippen LogP) is 4.74. The highest BCUT2D eigenvalue weighted by Crippen LogP contribution is 2.41. The van der Waals surface area contributed by atoms with Crippen LogP contribution in [-0.2, 0) is 16.4 Å². The number of hydrogen-bond donors (Lipinski definition) is 0. The van der Waals surface area contributed by atoms with Crippen molar-refractivity contribution in [1.29, 1.82) is 0 Å². The van der Waals surface area contributed by atoms with Crippen molar-refractivity contribution in [3.05, 3.63) is 87.1 Å². The first kappa shape index (κ1) is 16.8. The zero-order valence-corrected chi connectivity index (χ0v) is 15.7. The number of hydrogen-bond acceptors (Lipinski definition) is 3. The molecule has 1 atom stereocenters.